The summed E-state index contributed by atoms with van der Waals surface area (Å²) in [4.78, 5) is 25.6. The van der Waals surface area contributed by atoms with Crippen LogP contribution >= 0.6 is 39.5 Å². The number of esters is 1. The predicted octanol–water partition coefficient (Wildman–Crippen LogP) is 4.38. The maximum atomic E-state index is 12.3. The molecule has 3 rings (SSSR count). The number of nitrogens with one attached hydrogen (secondary N) is 2. The highest BCUT2D eigenvalue weighted by molar-refractivity contribution is 9.10. The number of amides is 1. The number of ether oxygens (including phenoxy) is 2. The fourth-order valence-corrected chi connectivity index (χ4v) is 4.93. The van der Waals surface area contributed by atoms with Crippen LogP contribution in [0.1, 0.15) is 39.2 Å². The number of hydrogen-bond acceptors (Lipinski definition) is 6. The van der Waals surface area contributed by atoms with E-state index >= 15 is 0 Å². The van der Waals surface area contributed by atoms with Crippen LogP contribution in [0.2, 0.25) is 0 Å². The maximum Gasteiger partial charge on any atom is 0.341 e. The zero-order valence-electron chi connectivity index (χ0n) is 16.1. The highest BCUT2D eigenvalue weighted by Crippen LogP contribution is 2.38. The molecular weight excluding hydrogens is 476 g/mol. The number of halogens is 1. The molecule has 6 nitrogen and oxygen atoms in total. The van der Waals surface area contributed by atoms with Crippen molar-refractivity contribution in [2.75, 3.05) is 19.0 Å². The summed E-state index contributed by atoms with van der Waals surface area (Å²) in [6.45, 7) is 1.77. The van der Waals surface area contributed by atoms with Crippen LogP contribution in [0, 0.1) is 6.92 Å². The lowest BCUT2D eigenvalue weighted by Gasteiger charge is -2.12. The molecule has 1 aliphatic rings. The standard InChI is InChI=1S/C20H21BrN2O4S2/c1-11-9-12(7-8-14(11)21)27-10-16(24)22-20(28)23-18-17(19(25)26-2)13-5-3-4-6-15(13)29-18/h7-9H,3-6,10H2,1-2H3,(H2,22,23,24,28). The molecule has 2 aromatic rings. The maximum absolute atomic E-state index is 12.3. The second-order valence-corrected chi connectivity index (χ2v) is 8.98. The molecule has 0 unspecified atom stereocenters. The molecule has 0 spiro atoms. The van der Waals surface area contributed by atoms with Crippen LogP contribution < -0.4 is 15.4 Å². The summed E-state index contributed by atoms with van der Waals surface area (Å²) in [7, 11) is 1.36. The van der Waals surface area contributed by atoms with Gasteiger partial charge in [-0.15, -0.1) is 11.3 Å². The summed E-state index contributed by atoms with van der Waals surface area (Å²) < 4.78 is 11.4. The van der Waals surface area contributed by atoms with Crippen LogP contribution in [-0.4, -0.2) is 30.7 Å². The molecule has 9 heteroatoms. The van der Waals surface area contributed by atoms with Crippen LogP contribution in [0.15, 0.2) is 22.7 Å². The summed E-state index contributed by atoms with van der Waals surface area (Å²) in [5, 5.41) is 6.30. The monoisotopic (exact) mass is 496 g/mol. The average molecular weight is 497 g/mol. The lowest BCUT2D eigenvalue weighted by Crippen LogP contribution is -2.37. The normalized spacial score (nSPS) is 12.7. The molecule has 29 heavy (non-hydrogen) atoms. The van der Waals surface area contributed by atoms with Crippen LogP contribution in [0.4, 0.5) is 5.00 Å². The molecule has 1 aromatic heterocycles. The number of thiophene rings is 1. The predicted molar refractivity (Wildman–Crippen MR) is 121 cm³/mol. The van der Waals surface area contributed by atoms with Crippen molar-refractivity contribution in [3.63, 3.8) is 0 Å². The van der Waals surface area contributed by atoms with Crippen molar-refractivity contribution in [1.82, 2.24) is 5.32 Å². The SMILES string of the molecule is COC(=O)c1c(NC(=S)NC(=O)COc2ccc(Br)c(C)c2)sc2c1CCCC2. The van der Waals surface area contributed by atoms with Gasteiger partial charge in [0.1, 0.15) is 10.8 Å². The summed E-state index contributed by atoms with van der Waals surface area (Å²) in [6, 6.07) is 5.48. The summed E-state index contributed by atoms with van der Waals surface area (Å²) in [5.74, 6) is -0.183. The Morgan fingerprint density at radius 3 is 2.76 bits per heavy atom. The van der Waals surface area contributed by atoms with Gasteiger partial charge in [-0.1, -0.05) is 15.9 Å². The van der Waals surface area contributed by atoms with Gasteiger partial charge in [-0.05, 0) is 74.2 Å². The van der Waals surface area contributed by atoms with Crippen molar-refractivity contribution in [2.45, 2.75) is 32.6 Å². The zero-order chi connectivity index (χ0) is 21.0. The fourth-order valence-electron chi connectivity index (χ4n) is 3.12. The minimum absolute atomic E-state index is 0.120. The first-order valence-electron chi connectivity index (χ1n) is 9.11. The quantitative estimate of drug-likeness (QED) is 0.472. The van der Waals surface area contributed by atoms with Gasteiger partial charge in [-0.25, -0.2) is 4.79 Å². The molecule has 0 atom stereocenters. The number of fused-ring (bicyclic) bond motifs is 1. The van der Waals surface area contributed by atoms with Crippen LogP contribution in [0.3, 0.4) is 0 Å². The summed E-state index contributed by atoms with van der Waals surface area (Å²) in [6.07, 6.45) is 3.92. The number of anilines is 1. The largest absolute Gasteiger partial charge is 0.484 e. The Bertz CT molecular complexity index is 958. The Hall–Kier alpha value is -1.97. The van der Waals surface area contributed by atoms with E-state index in [1.165, 1.54) is 23.3 Å². The molecule has 0 aliphatic heterocycles. The Morgan fingerprint density at radius 2 is 2.03 bits per heavy atom. The molecule has 1 aromatic carbocycles. The molecule has 1 aliphatic carbocycles. The van der Waals surface area contributed by atoms with Crippen LogP contribution in [0.25, 0.3) is 0 Å². The Balaban J connectivity index is 1.61. The third-order valence-corrected chi connectivity index (χ3v) is 6.84. The van der Waals surface area contributed by atoms with Gasteiger partial charge in [0.25, 0.3) is 5.91 Å². The molecule has 0 radical (unpaired) electrons. The van der Waals surface area contributed by atoms with Gasteiger partial charge >= 0.3 is 5.97 Å². The van der Waals surface area contributed by atoms with Gasteiger partial charge < -0.3 is 14.8 Å². The fraction of sp³-hybridized carbons (Fsp3) is 0.350. The number of benzene rings is 1. The number of rotatable bonds is 5. The third-order valence-electron chi connectivity index (χ3n) is 4.54. The van der Waals surface area contributed by atoms with E-state index in [0.29, 0.717) is 16.3 Å². The van der Waals surface area contributed by atoms with Crippen LogP contribution in [0.5, 0.6) is 5.75 Å². The molecule has 154 valence electrons. The molecule has 0 saturated carbocycles. The zero-order valence-corrected chi connectivity index (χ0v) is 19.3. The number of aryl methyl sites for hydroxylation is 2. The first kappa shape index (κ1) is 21.7. The average Bonchev–Trinajstić information content (AvgIpc) is 3.05. The van der Waals surface area contributed by atoms with E-state index in [-0.39, 0.29) is 17.6 Å². The number of methoxy groups -OCH3 is 1. The first-order chi connectivity index (χ1) is 13.9. The third kappa shape index (κ3) is 5.34. The van der Waals surface area contributed by atoms with Crippen molar-refractivity contribution in [2.24, 2.45) is 0 Å². The smallest absolute Gasteiger partial charge is 0.341 e. The van der Waals surface area contributed by atoms with E-state index in [1.54, 1.807) is 6.07 Å². The molecule has 1 heterocycles. The molecule has 0 saturated heterocycles. The van der Waals surface area contributed by atoms with Crippen LogP contribution in [-0.2, 0) is 22.4 Å². The second-order valence-electron chi connectivity index (χ2n) is 6.61. The molecular formula is C20H21BrN2O4S2. The van der Waals surface area contributed by atoms with Gasteiger partial charge in [0.15, 0.2) is 11.7 Å². The van der Waals surface area contributed by atoms with E-state index in [2.05, 4.69) is 26.6 Å². The van der Waals surface area contributed by atoms with E-state index in [0.717, 1.165) is 41.3 Å². The Kier molecular flexibility index (Phi) is 7.26. The minimum atomic E-state index is -0.394. The molecule has 0 bridgehead atoms. The molecule has 2 N–H and O–H groups in total. The van der Waals surface area contributed by atoms with Gasteiger partial charge in [0.2, 0.25) is 0 Å². The Morgan fingerprint density at radius 1 is 1.28 bits per heavy atom. The molecule has 1 amide bonds. The first-order valence-corrected chi connectivity index (χ1v) is 11.1. The van der Waals surface area contributed by atoms with Crippen molar-refractivity contribution in [3.8, 4) is 5.75 Å². The Labute approximate surface area is 187 Å². The van der Waals surface area contributed by atoms with Crippen molar-refractivity contribution >= 4 is 61.5 Å². The lowest BCUT2D eigenvalue weighted by molar-refractivity contribution is -0.121. The summed E-state index contributed by atoms with van der Waals surface area (Å²) in [5.41, 5.74) is 2.56. The number of carbonyl (C=O) groups excluding carboxylic acids is 2. The van der Waals surface area contributed by atoms with Gasteiger partial charge in [0.05, 0.1) is 12.7 Å². The van der Waals surface area contributed by atoms with E-state index in [1.807, 2.05) is 19.1 Å². The van der Waals surface area contributed by atoms with Gasteiger partial charge in [-0.3, -0.25) is 10.1 Å². The highest BCUT2D eigenvalue weighted by Gasteiger charge is 2.26. The van der Waals surface area contributed by atoms with Crippen molar-refractivity contribution < 1.29 is 19.1 Å². The lowest BCUT2D eigenvalue weighted by atomic mass is 9.95. The number of thiocarbonyl (C=S) groups is 1. The van der Waals surface area contributed by atoms with E-state index in [9.17, 15) is 9.59 Å². The minimum Gasteiger partial charge on any atom is -0.484 e. The molecule has 0 fully saturated rings. The number of hydrogen-bond donors (Lipinski definition) is 2. The highest BCUT2D eigenvalue weighted by atomic mass is 79.9. The van der Waals surface area contributed by atoms with E-state index < -0.39 is 5.97 Å². The second kappa shape index (κ2) is 9.69. The van der Waals surface area contributed by atoms with Gasteiger partial charge in [-0.2, -0.15) is 0 Å². The topological polar surface area (TPSA) is 76.7 Å². The number of carbonyl (C=O) groups is 2. The van der Waals surface area contributed by atoms with Crippen molar-refractivity contribution in [1.29, 1.82) is 0 Å². The van der Waals surface area contributed by atoms with E-state index in [4.69, 9.17) is 21.7 Å². The van der Waals surface area contributed by atoms with Gasteiger partial charge in [0, 0.05) is 9.35 Å². The summed E-state index contributed by atoms with van der Waals surface area (Å²) >= 11 is 10.2. The van der Waals surface area contributed by atoms with Crippen molar-refractivity contribution in [3.05, 3.63) is 44.2 Å².